The molecule has 18 heavy (non-hydrogen) atoms. The van der Waals surface area contributed by atoms with Crippen molar-refractivity contribution in [2.24, 2.45) is 11.7 Å². The molecule has 0 saturated carbocycles. The predicted octanol–water partition coefficient (Wildman–Crippen LogP) is 1.29. The van der Waals surface area contributed by atoms with Crippen molar-refractivity contribution in [3.63, 3.8) is 0 Å². The summed E-state index contributed by atoms with van der Waals surface area (Å²) in [6, 6.07) is 5.94. The number of fused-ring (bicyclic) bond motifs is 1. The molecule has 0 aromatic carbocycles. The Labute approximate surface area is 107 Å². The Morgan fingerprint density at radius 2 is 2.11 bits per heavy atom. The molecule has 0 bridgehead atoms. The fourth-order valence-electron chi connectivity index (χ4n) is 2.61. The second-order valence-electron chi connectivity index (χ2n) is 4.92. The van der Waals surface area contributed by atoms with Crippen LogP contribution < -0.4 is 10.6 Å². The summed E-state index contributed by atoms with van der Waals surface area (Å²) in [4.78, 5) is 6.84. The molecule has 5 nitrogen and oxygen atoms in total. The van der Waals surface area contributed by atoms with E-state index < -0.39 is 0 Å². The smallest absolute Gasteiger partial charge is 0.245 e. The molecule has 3 rings (SSSR count). The van der Waals surface area contributed by atoms with Gasteiger partial charge in [-0.2, -0.15) is 4.98 Å². The van der Waals surface area contributed by atoms with Gasteiger partial charge >= 0.3 is 0 Å². The van der Waals surface area contributed by atoms with Gasteiger partial charge in [-0.05, 0) is 43.9 Å². The van der Waals surface area contributed by atoms with Crippen molar-refractivity contribution in [3.05, 3.63) is 24.4 Å². The van der Waals surface area contributed by atoms with Crippen molar-refractivity contribution in [2.45, 2.75) is 19.3 Å². The minimum Gasteiger partial charge on any atom is -0.339 e. The van der Waals surface area contributed by atoms with Crippen molar-refractivity contribution >= 4 is 11.6 Å². The highest BCUT2D eigenvalue weighted by atomic mass is 15.4. The van der Waals surface area contributed by atoms with Gasteiger partial charge < -0.3 is 10.6 Å². The average molecular weight is 245 g/mol. The summed E-state index contributed by atoms with van der Waals surface area (Å²) in [7, 11) is 0. The van der Waals surface area contributed by atoms with Crippen LogP contribution in [0.2, 0.25) is 0 Å². The maximum Gasteiger partial charge on any atom is 0.245 e. The molecular formula is C13H19N5. The lowest BCUT2D eigenvalue weighted by Crippen LogP contribution is -2.35. The van der Waals surface area contributed by atoms with Gasteiger partial charge in [0.1, 0.15) is 0 Å². The van der Waals surface area contributed by atoms with Crippen LogP contribution in [0.1, 0.15) is 19.3 Å². The number of nitrogens with zero attached hydrogens (tertiary/aromatic N) is 4. The second-order valence-corrected chi connectivity index (χ2v) is 4.92. The summed E-state index contributed by atoms with van der Waals surface area (Å²) in [5.41, 5.74) is 6.53. The van der Waals surface area contributed by atoms with Gasteiger partial charge in [0.05, 0.1) is 0 Å². The van der Waals surface area contributed by atoms with E-state index in [1.165, 1.54) is 12.8 Å². The number of aromatic nitrogens is 3. The van der Waals surface area contributed by atoms with E-state index in [-0.39, 0.29) is 0 Å². The highest BCUT2D eigenvalue weighted by molar-refractivity contribution is 5.44. The zero-order valence-electron chi connectivity index (χ0n) is 10.5. The molecule has 1 saturated heterocycles. The van der Waals surface area contributed by atoms with E-state index in [9.17, 15) is 0 Å². The fourth-order valence-corrected chi connectivity index (χ4v) is 2.61. The van der Waals surface area contributed by atoms with E-state index in [0.29, 0.717) is 0 Å². The fraction of sp³-hybridized carbons (Fsp3) is 0.538. The van der Waals surface area contributed by atoms with Crippen LogP contribution in [0.3, 0.4) is 0 Å². The Balaban J connectivity index is 1.72. The van der Waals surface area contributed by atoms with Crippen LogP contribution >= 0.6 is 0 Å². The summed E-state index contributed by atoms with van der Waals surface area (Å²) in [5.74, 6) is 1.63. The molecule has 0 unspecified atom stereocenters. The maximum absolute atomic E-state index is 5.61. The van der Waals surface area contributed by atoms with E-state index in [1.54, 1.807) is 0 Å². The first-order valence-electron chi connectivity index (χ1n) is 6.63. The zero-order chi connectivity index (χ0) is 12.4. The van der Waals surface area contributed by atoms with Crippen LogP contribution in [-0.4, -0.2) is 34.2 Å². The minimum absolute atomic E-state index is 0.781. The quantitative estimate of drug-likeness (QED) is 0.885. The van der Waals surface area contributed by atoms with Gasteiger partial charge in [-0.1, -0.05) is 6.07 Å². The molecule has 96 valence electrons. The lowest BCUT2D eigenvalue weighted by atomic mass is 9.94. The third kappa shape index (κ3) is 2.18. The van der Waals surface area contributed by atoms with Crippen molar-refractivity contribution in [1.29, 1.82) is 0 Å². The monoisotopic (exact) mass is 245 g/mol. The van der Waals surface area contributed by atoms with Gasteiger partial charge in [0.25, 0.3) is 0 Å². The van der Waals surface area contributed by atoms with Gasteiger partial charge in [-0.3, -0.25) is 0 Å². The highest BCUT2D eigenvalue weighted by Crippen LogP contribution is 2.22. The first kappa shape index (κ1) is 11.5. The second kappa shape index (κ2) is 4.94. The van der Waals surface area contributed by atoms with Gasteiger partial charge in [-0.15, -0.1) is 5.10 Å². The third-order valence-corrected chi connectivity index (χ3v) is 3.70. The third-order valence-electron chi connectivity index (χ3n) is 3.70. The minimum atomic E-state index is 0.781. The lowest BCUT2D eigenvalue weighted by molar-refractivity contribution is 0.384. The van der Waals surface area contributed by atoms with Crippen molar-refractivity contribution < 1.29 is 0 Å². The lowest BCUT2D eigenvalue weighted by Gasteiger charge is -2.30. The molecule has 0 atom stereocenters. The predicted molar refractivity (Wildman–Crippen MR) is 71.6 cm³/mol. The number of pyridine rings is 1. The highest BCUT2D eigenvalue weighted by Gasteiger charge is 2.21. The normalized spacial score (nSPS) is 17.5. The summed E-state index contributed by atoms with van der Waals surface area (Å²) in [6.07, 6.45) is 5.49. The number of nitrogens with two attached hydrogens (primary N) is 1. The summed E-state index contributed by atoms with van der Waals surface area (Å²) >= 11 is 0. The molecule has 2 aromatic rings. The summed E-state index contributed by atoms with van der Waals surface area (Å²) < 4.78 is 1.83. The first-order valence-corrected chi connectivity index (χ1v) is 6.63. The largest absolute Gasteiger partial charge is 0.339 e. The summed E-state index contributed by atoms with van der Waals surface area (Å²) in [6.45, 7) is 2.89. The average Bonchev–Trinajstić information content (AvgIpc) is 2.84. The molecule has 2 aromatic heterocycles. The first-order chi connectivity index (χ1) is 8.86. The SMILES string of the molecule is NCCC1CCN(c2nc3ccccn3n2)CC1. The van der Waals surface area contributed by atoms with E-state index in [2.05, 4.69) is 15.0 Å². The molecule has 5 heteroatoms. The van der Waals surface area contributed by atoms with Gasteiger partial charge in [0, 0.05) is 19.3 Å². The number of hydrogen-bond acceptors (Lipinski definition) is 4. The van der Waals surface area contributed by atoms with Crippen LogP contribution in [0.5, 0.6) is 0 Å². The molecule has 2 N–H and O–H groups in total. The van der Waals surface area contributed by atoms with E-state index in [0.717, 1.165) is 43.6 Å². The van der Waals surface area contributed by atoms with Crippen LogP contribution in [0.4, 0.5) is 5.95 Å². The molecule has 0 amide bonds. The van der Waals surface area contributed by atoms with E-state index in [1.807, 2.05) is 28.9 Å². The zero-order valence-corrected chi connectivity index (χ0v) is 10.5. The Morgan fingerprint density at radius 1 is 1.28 bits per heavy atom. The molecular weight excluding hydrogens is 226 g/mol. The van der Waals surface area contributed by atoms with Crippen molar-refractivity contribution in [1.82, 2.24) is 14.6 Å². The Hall–Kier alpha value is -1.62. The molecule has 0 spiro atoms. The van der Waals surface area contributed by atoms with Crippen LogP contribution in [0.15, 0.2) is 24.4 Å². The van der Waals surface area contributed by atoms with Gasteiger partial charge in [0.15, 0.2) is 5.65 Å². The van der Waals surface area contributed by atoms with Crippen LogP contribution in [-0.2, 0) is 0 Å². The van der Waals surface area contributed by atoms with Crippen LogP contribution in [0, 0.1) is 5.92 Å². The molecule has 1 fully saturated rings. The molecule has 1 aliphatic heterocycles. The van der Waals surface area contributed by atoms with Crippen molar-refractivity contribution in [2.75, 3.05) is 24.5 Å². The molecule has 1 aliphatic rings. The number of hydrogen-bond donors (Lipinski definition) is 1. The standard InChI is InChI=1S/C13H19N5/c14-7-4-11-5-9-17(10-6-11)13-15-12-3-1-2-8-18(12)16-13/h1-3,8,11H,4-7,9-10,14H2. The van der Waals surface area contributed by atoms with Crippen molar-refractivity contribution in [3.8, 4) is 0 Å². The molecule has 0 aliphatic carbocycles. The summed E-state index contributed by atoms with van der Waals surface area (Å²) in [5, 5.41) is 4.51. The van der Waals surface area contributed by atoms with Crippen LogP contribution in [0.25, 0.3) is 5.65 Å². The molecule has 3 heterocycles. The van der Waals surface area contributed by atoms with Gasteiger partial charge in [0.2, 0.25) is 5.95 Å². The number of piperidine rings is 1. The Kier molecular flexibility index (Phi) is 3.15. The Bertz CT molecular complexity index is 480. The van der Waals surface area contributed by atoms with E-state index >= 15 is 0 Å². The Morgan fingerprint density at radius 3 is 2.83 bits per heavy atom. The van der Waals surface area contributed by atoms with E-state index in [4.69, 9.17) is 5.73 Å². The topological polar surface area (TPSA) is 59.5 Å². The van der Waals surface area contributed by atoms with Gasteiger partial charge in [-0.25, -0.2) is 4.52 Å². The number of anilines is 1. The molecule has 0 radical (unpaired) electrons. The number of rotatable bonds is 3. The maximum atomic E-state index is 5.61.